The molecule has 6 aromatic rings. The first-order valence-electron chi connectivity index (χ1n) is 20.4. The van der Waals surface area contributed by atoms with E-state index in [4.69, 9.17) is 14.2 Å². The maximum Gasteiger partial charge on any atom is 0.299 e. The van der Waals surface area contributed by atoms with Crippen LogP contribution in [0.1, 0.15) is 97.9 Å². The summed E-state index contributed by atoms with van der Waals surface area (Å²) in [6.07, 6.45) is 15.3. The Morgan fingerprint density at radius 1 is 0.672 bits per heavy atom. The van der Waals surface area contributed by atoms with Crippen molar-refractivity contribution in [3.05, 3.63) is 136 Å². The lowest BCUT2D eigenvalue weighted by Gasteiger charge is -2.17. The minimum Gasteiger partial charge on any atom is -0.485 e. The highest BCUT2D eigenvalue weighted by Gasteiger charge is 2.29. The molecule has 3 aromatic carbocycles. The Morgan fingerprint density at radius 2 is 1.28 bits per heavy atom. The third-order valence-corrected chi connectivity index (χ3v) is 14.1. The van der Waals surface area contributed by atoms with Crippen LogP contribution in [0.5, 0.6) is 11.5 Å². The number of carbonyl (C=O) groups excluding carboxylic acids is 1. The third-order valence-electron chi connectivity index (χ3n) is 10.3. The summed E-state index contributed by atoms with van der Waals surface area (Å²) in [5.74, 6) is 1.67. The predicted molar refractivity (Wildman–Crippen MR) is 244 cm³/mol. The minimum atomic E-state index is -0.00408. The van der Waals surface area contributed by atoms with Gasteiger partial charge in [-0.1, -0.05) is 137 Å². The van der Waals surface area contributed by atoms with Gasteiger partial charge in [0.15, 0.2) is 11.5 Å². The van der Waals surface area contributed by atoms with Gasteiger partial charge >= 0.3 is 0 Å². The van der Waals surface area contributed by atoms with Crippen LogP contribution in [0.25, 0.3) is 47.7 Å². The van der Waals surface area contributed by atoms with Crippen molar-refractivity contribution < 1.29 is 19.0 Å². The SMILES string of the molecule is CCCCCCc1cc(C=C(C#N)OC=O)sc1-c1cc(CCCCCC)c(-c2sc(-c3ccc(C=C(c4ccccc4)c4ccccc4)cc3)c3c2OCCO3)s1. The van der Waals surface area contributed by atoms with E-state index < -0.39 is 0 Å². The van der Waals surface area contributed by atoms with Crippen molar-refractivity contribution in [3.63, 3.8) is 0 Å². The molecule has 5 nitrogen and oxygen atoms in total. The second-order valence-corrected chi connectivity index (χ2v) is 17.6. The van der Waals surface area contributed by atoms with Gasteiger partial charge in [-0.2, -0.15) is 5.26 Å². The molecular formula is C50H49NO4S3. The zero-order valence-corrected chi connectivity index (χ0v) is 35.7. The van der Waals surface area contributed by atoms with E-state index in [1.165, 1.54) is 81.0 Å². The number of hydrogen-bond acceptors (Lipinski definition) is 8. The summed E-state index contributed by atoms with van der Waals surface area (Å²) in [6, 6.07) is 36.5. The summed E-state index contributed by atoms with van der Waals surface area (Å²) >= 11 is 5.24. The molecule has 0 saturated heterocycles. The lowest BCUT2D eigenvalue weighted by Crippen LogP contribution is -2.14. The molecule has 0 amide bonds. The van der Waals surface area contributed by atoms with Crippen molar-refractivity contribution in [1.29, 1.82) is 5.26 Å². The van der Waals surface area contributed by atoms with Gasteiger partial charge in [-0.3, -0.25) is 4.79 Å². The van der Waals surface area contributed by atoms with E-state index in [9.17, 15) is 10.1 Å². The number of ether oxygens (including phenoxy) is 3. The first-order chi connectivity index (χ1) is 28.6. The quantitative estimate of drug-likeness (QED) is 0.0268. The molecule has 3 aromatic heterocycles. The van der Waals surface area contributed by atoms with Gasteiger partial charge in [0.25, 0.3) is 6.47 Å². The van der Waals surface area contributed by atoms with Crippen LogP contribution < -0.4 is 9.47 Å². The fourth-order valence-corrected chi connectivity index (χ4v) is 11.2. The monoisotopic (exact) mass is 823 g/mol. The van der Waals surface area contributed by atoms with E-state index in [-0.39, 0.29) is 5.76 Å². The normalized spacial score (nSPS) is 12.3. The number of nitrogens with zero attached hydrogens (tertiary/aromatic N) is 1. The fourth-order valence-electron chi connectivity index (χ4n) is 7.35. The van der Waals surface area contributed by atoms with Crippen molar-refractivity contribution >= 4 is 58.2 Å². The summed E-state index contributed by atoms with van der Waals surface area (Å²) in [7, 11) is 0. The van der Waals surface area contributed by atoms with Crippen LogP contribution in [0, 0.1) is 11.3 Å². The maximum absolute atomic E-state index is 11.1. The minimum absolute atomic E-state index is 0.00408. The van der Waals surface area contributed by atoms with E-state index in [1.54, 1.807) is 28.7 Å². The number of hydrogen-bond donors (Lipinski definition) is 0. The van der Waals surface area contributed by atoms with Gasteiger partial charge in [0, 0.05) is 20.7 Å². The van der Waals surface area contributed by atoms with Gasteiger partial charge in [-0.15, -0.1) is 34.0 Å². The highest BCUT2D eigenvalue weighted by atomic mass is 32.1. The summed E-state index contributed by atoms with van der Waals surface area (Å²) < 4.78 is 17.9. The van der Waals surface area contributed by atoms with Gasteiger partial charge in [-0.05, 0) is 82.8 Å². The Bertz CT molecular complexity index is 2330. The molecule has 0 aliphatic carbocycles. The molecule has 58 heavy (non-hydrogen) atoms. The lowest BCUT2D eigenvalue weighted by molar-refractivity contribution is -0.124. The van der Waals surface area contributed by atoms with E-state index in [0.717, 1.165) is 62.9 Å². The largest absolute Gasteiger partial charge is 0.485 e. The Labute approximate surface area is 354 Å². The number of fused-ring (bicyclic) bond motifs is 1. The Hall–Kier alpha value is -5.20. The number of nitriles is 1. The van der Waals surface area contributed by atoms with Crippen molar-refractivity contribution in [2.45, 2.75) is 78.1 Å². The fraction of sp³-hybridized carbons (Fsp3) is 0.280. The average Bonchev–Trinajstić information content (AvgIpc) is 3.99. The van der Waals surface area contributed by atoms with E-state index in [2.05, 4.69) is 117 Å². The standard InChI is InChI=1S/C50H49NO4S3/c1-3-5-7-11-21-39-30-42(32-41(33-51)55-34-52)56-47(39)44-31-40(22-12-8-6-4-2)49(57-44)50-46-45(53-27-28-54-46)48(58-50)38-25-23-35(24-26-38)29-43(36-17-13-9-14-18-36)37-19-15-10-16-20-37/h9-10,13-20,23-26,29-32,34H,3-8,11-12,21-22,27-28H2,1-2H3. The number of benzene rings is 3. The van der Waals surface area contributed by atoms with Gasteiger partial charge < -0.3 is 14.2 Å². The van der Waals surface area contributed by atoms with Crippen LogP contribution in [-0.4, -0.2) is 19.7 Å². The Kier molecular flexibility index (Phi) is 14.5. The number of unbranched alkanes of at least 4 members (excludes halogenated alkanes) is 6. The summed E-state index contributed by atoms with van der Waals surface area (Å²) in [5, 5.41) is 9.59. The van der Waals surface area contributed by atoms with Gasteiger partial charge in [0.1, 0.15) is 19.3 Å². The molecule has 4 heterocycles. The molecule has 296 valence electrons. The average molecular weight is 824 g/mol. The molecular weight excluding hydrogens is 775 g/mol. The second-order valence-electron chi connectivity index (χ2n) is 14.5. The van der Waals surface area contributed by atoms with Crippen molar-refractivity contribution in [3.8, 4) is 47.5 Å². The summed E-state index contributed by atoms with van der Waals surface area (Å²) in [5.41, 5.74) is 8.37. The van der Waals surface area contributed by atoms with Crippen molar-refractivity contribution in [1.82, 2.24) is 0 Å². The maximum atomic E-state index is 11.1. The lowest BCUT2D eigenvalue weighted by atomic mass is 9.95. The first-order valence-corrected chi connectivity index (χ1v) is 22.9. The molecule has 0 bridgehead atoms. The Balaban J connectivity index is 1.28. The van der Waals surface area contributed by atoms with Crippen molar-refractivity contribution in [2.24, 2.45) is 0 Å². The second kappa shape index (κ2) is 20.5. The topological polar surface area (TPSA) is 68.5 Å². The molecule has 0 atom stereocenters. The molecule has 0 saturated carbocycles. The smallest absolute Gasteiger partial charge is 0.299 e. The van der Waals surface area contributed by atoms with Gasteiger partial charge in [-0.25, -0.2) is 0 Å². The number of allylic oxidation sites excluding steroid dienone is 1. The number of carbonyl (C=O) groups is 1. The molecule has 0 N–H and O–H groups in total. The van der Waals surface area contributed by atoms with Gasteiger partial charge in [0.05, 0.1) is 14.6 Å². The zero-order valence-electron chi connectivity index (χ0n) is 33.3. The number of aryl methyl sites for hydroxylation is 2. The summed E-state index contributed by atoms with van der Waals surface area (Å²) in [4.78, 5) is 17.9. The van der Waals surface area contributed by atoms with E-state index in [1.807, 2.05) is 17.4 Å². The van der Waals surface area contributed by atoms with Gasteiger partial charge in [0.2, 0.25) is 5.76 Å². The molecule has 1 aliphatic rings. The third kappa shape index (κ3) is 9.90. The zero-order chi connectivity index (χ0) is 40.1. The number of thiophene rings is 3. The molecule has 7 rings (SSSR count). The van der Waals surface area contributed by atoms with Crippen LogP contribution in [-0.2, 0) is 22.4 Å². The molecule has 1 aliphatic heterocycles. The molecule has 0 radical (unpaired) electrons. The highest BCUT2D eigenvalue weighted by molar-refractivity contribution is 7.28. The highest BCUT2D eigenvalue weighted by Crippen LogP contribution is 2.57. The Morgan fingerprint density at radius 3 is 1.86 bits per heavy atom. The summed E-state index contributed by atoms with van der Waals surface area (Å²) in [6.45, 7) is 5.82. The molecule has 8 heteroatoms. The molecule has 0 unspecified atom stereocenters. The number of rotatable bonds is 19. The van der Waals surface area contributed by atoms with Crippen LogP contribution in [0.4, 0.5) is 0 Å². The molecule has 0 fully saturated rings. The van der Waals surface area contributed by atoms with E-state index in [0.29, 0.717) is 19.7 Å². The van der Waals surface area contributed by atoms with Crippen LogP contribution >= 0.6 is 34.0 Å². The van der Waals surface area contributed by atoms with Crippen molar-refractivity contribution in [2.75, 3.05) is 13.2 Å². The van der Waals surface area contributed by atoms with Crippen LogP contribution in [0.15, 0.2) is 103 Å². The van der Waals surface area contributed by atoms with E-state index >= 15 is 0 Å². The van der Waals surface area contributed by atoms with Crippen LogP contribution in [0.2, 0.25) is 0 Å². The predicted octanol–water partition coefficient (Wildman–Crippen LogP) is 14.5. The van der Waals surface area contributed by atoms with Crippen LogP contribution in [0.3, 0.4) is 0 Å². The molecule has 0 spiro atoms. The first kappa shape index (κ1) is 41.0.